The summed E-state index contributed by atoms with van der Waals surface area (Å²) in [5.41, 5.74) is 6.83. The molecule has 2 nitrogen and oxygen atoms in total. The van der Waals surface area contributed by atoms with Crippen molar-refractivity contribution in [1.82, 2.24) is 0 Å². The number of anilines is 6. The van der Waals surface area contributed by atoms with Crippen LogP contribution >= 0.6 is 15.9 Å². The van der Waals surface area contributed by atoms with E-state index in [9.17, 15) is 0 Å². The van der Waals surface area contributed by atoms with Gasteiger partial charge in [0.05, 0.1) is 11.4 Å². The molecule has 0 aliphatic rings. The number of hydrogen-bond acceptors (Lipinski definition) is 2. The number of halogens is 1. The van der Waals surface area contributed by atoms with Crippen LogP contribution in [0, 0.1) is 0 Å². The normalized spacial score (nSPS) is 11.4. The summed E-state index contributed by atoms with van der Waals surface area (Å²) in [6.07, 6.45) is 0. The quantitative estimate of drug-likeness (QED) is 0.172. The zero-order valence-electron chi connectivity index (χ0n) is 23.4. The van der Waals surface area contributed by atoms with E-state index in [-0.39, 0.29) is 0 Å². The minimum Gasteiger partial charge on any atom is -0.310 e. The topological polar surface area (TPSA) is 6.48 Å². The highest BCUT2D eigenvalue weighted by Gasteiger charge is 2.21. The second-order valence-corrected chi connectivity index (χ2v) is 11.7. The molecular formula is C40H27BrN2. The molecule has 0 saturated heterocycles. The lowest BCUT2D eigenvalue weighted by Gasteiger charge is -2.29. The Morgan fingerprint density at radius 1 is 0.326 bits per heavy atom. The molecule has 8 aromatic rings. The number of rotatable bonds is 6. The van der Waals surface area contributed by atoms with Crippen LogP contribution in [0.25, 0.3) is 32.3 Å². The molecule has 0 N–H and O–H groups in total. The smallest absolute Gasteiger partial charge is 0.0540 e. The van der Waals surface area contributed by atoms with Gasteiger partial charge in [-0.1, -0.05) is 107 Å². The molecule has 0 saturated carbocycles. The Labute approximate surface area is 259 Å². The summed E-state index contributed by atoms with van der Waals surface area (Å²) in [5, 5.41) is 7.51. The van der Waals surface area contributed by atoms with E-state index in [1.54, 1.807) is 0 Å². The van der Waals surface area contributed by atoms with Gasteiger partial charge in [-0.15, -0.1) is 0 Å². The second-order valence-electron chi connectivity index (χ2n) is 10.7. The first-order valence-electron chi connectivity index (χ1n) is 14.5. The van der Waals surface area contributed by atoms with Crippen LogP contribution in [0.2, 0.25) is 0 Å². The number of benzene rings is 8. The summed E-state index contributed by atoms with van der Waals surface area (Å²) in [6.45, 7) is 0. The molecule has 0 unspecified atom stereocenters. The van der Waals surface area contributed by atoms with E-state index in [0.29, 0.717) is 0 Å². The Morgan fingerprint density at radius 2 is 0.674 bits per heavy atom. The molecular weight excluding hydrogens is 588 g/mol. The van der Waals surface area contributed by atoms with Gasteiger partial charge < -0.3 is 9.80 Å². The lowest BCUT2D eigenvalue weighted by atomic mass is 9.91. The average Bonchev–Trinajstić information content (AvgIpc) is 3.07. The molecule has 0 atom stereocenters. The molecule has 0 radical (unpaired) electrons. The van der Waals surface area contributed by atoms with Crippen LogP contribution in [0.1, 0.15) is 0 Å². The summed E-state index contributed by atoms with van der Waals surface area (Å²) < 4.78 is 1.06. The lowest BCUT2D eigenvalue weighted by molar-refractivity contribution is 1.29. The zero-order chi connectivity index (χ0) is 28.8. The van der Waals surface area contributed by atoms with Crippen LogP contribution in [0.3, 0.4) is 0 Å². The van der Waals surface area contributed by atoms with Gasteiger partial charge in [0.25, 0.3) is 0 Å². The van der Waals surface area contributed by atoms with Gasteiger partial charge in [0, 0.05) is 38.0 Å². The van der Waals surface area contributed by atoms with Gasteiger partial charge >= 0.3 is 0 Å². The maximum absolute atomic E-state index is 3.62. The van der Waals surface area contributed by atoms with Crippen molar-refractivity contribution in [3.05, 3.63) is 168 Å². The van der Waals surface area contributed by atoms with Crippen molar-refractivity contribution in [1.29, 1.82) is 0 Å². The van der Waals surface area contributed by atoms with Gasteiger partial charge in [-0.25, -0.2) is 0 Å². The van der Waals surface area contributed by atoms with Crippen LogP contribution in [-0.4, -0.2) is 0 Å². The molecule has 0 bridgehead atoms. The van der Waals surface area contributed by atoms with E-state index >= 15 is 0 Å². The van der Waals surface area contributed by atoms with Crippen molar-refractivity contribution in [3.63, 3.8) is 0 Å². The van der Waals surface area contributed by atoms with E-state index in [0.717, 1.165) is 38.6 Å². The molecule has 0 fully saturated rings. The SMILES string of the molecule is Brc1ccc(N(c2ccccc2)c2ccc3ccc4c(N(c5ccccc5)c5ccccc5)ccc5ccc2c3c54)cc1. The predicted molar refractivity (Wildman–Crippen MR) is 187 cm³/mol. The summed E-state index contributed by atoms with van der Waals surface area (Å²) in [7, 11) is 0. The Morgan fingerprint density at radius 3 is 1.07 bits per heavy atom. The van der Waals surface area contributed by atoms with Crippen molar-refractivity contribution >= 4 is 82.4 Å². The minimum atomic E-state index is 1.06. The maximum atomic E-state index is 3.62. The third-order valence-corrected chi connectivity index (χ3v) is 8.76. The van der Waals surface area contributed by atoms with E-state index in [1.807, 2.05) is 0 Å². The summed E-state index contributed by atoms with van der Waals surface area (Å²) >= 11 is 3.62. The van der Waals surface area contributed by atoms with E-state index in [1.165, 1.54) is 32.3 Å². The molecule has 8 rings (SSSR count). The molecule has 0 spiro atoms. The average molecular weight is 616 g/mol. The van der Waals surface area contributed by atoms with E-state index in [4.69, 9.17) is 0 Å². The van der Waals surface area contributed by atoms with Crippen LogP contribution in [-0.2, 0) is 0 Å². The Balaban J connectivity index is 1.41. The first-order valence-corrected chi connectivity index (χ1v) is 15.3. The fourth-order valence-corrected chi connectivity index (χ4v) is 6.60. The first kappa shape index (κ1) is 25.6. The molecule has 0 heterocycles. The first-order chi connectivity index (χ1) is 21.3. The van der Waals surface area contributed by atoms with Crippen molar-refractivity contribution < 1.29 is 0 Å². The number of nitrogens with zero attached hydrogens (tertiary/aromatic N) is 2. The molecule has 0 aliphatic heterocycles. The van der Waals surface area contributed by atoms with Crippen LogP contribution in [0.15, 0.2) is 168 Å². The van der Waals surface area contributed by atoms with Gasteiger partial charge in [-0.05, 0) is 94.3 Å². The van der Waals surface area contributed by atoms with Crippen LogP contribution in [0.5, 0.6) is 0 Å². The Bertz CT molecular complexity index is 2140. The molecule has 8 aromatic carbocycles. The largest absolute Gasteiger partial charge is 0.310 e. The highest BCUT2D eigenvalue weighted by atomic mass is 79.9. The highest BCUT2D eigenvalue weighted by Crippen LogP contribution is 2.47. The molecule has 0 aliphatic carbocycles. The van der Waals surface area contributed by atoms with Crippen molar-refractivity contribution in [2.45, 2.75) is 0 Å². The minimum absolute atomic E-state index is 1.06. The number of hydrogen-bond donors (Lipinski definition) is 0. The third-order valence-electron chi connectivity index (χ3n) is 8.23. The van der Waals surface area contributed by atoms with Crippen molar-refractivity contribution in [2.75, 3.05) is 9.80 Å². The standard InChI is InChI=1S/C40H27BrN2/c41-30-20-22-34(23-21-30)43(33-14-8-3-9-15-33)38-27-19-29-16-24-35-37(26-18-28-17-25-36(38)40(29)39(28)35)42(31-10-4-1-5-11-31)32-12-6-2-7-13-32/h1-27H. The van der Waals surface area contributed by atoms with Crippen LogP contribution < -0.4 is 9.80 Å². The highest BCUT2D eigenvalue weighted by molar-refractivity contribution is 9.10. The third kappa shape index (κ3) is 4.41. The predicted octanol–water partition coefficient (Wildman–Crippen LogP) is 12.3. The summed E-state index contributed by atoms with van der Waals surface area (Å²) in [5.74, 6) is 0. The fraction of sp³-hybridized carbons (Fsp3) is 0. The van der Waals surface area contributed by atoms with Gasteiger partial charge in [-0.3, -0.25) is 0 Å². The van der Waals surface area contributed by atoms with E-state index in [2.05, 4.69) is 190 Å². The lowest BCUT2D eigenvalue weighted by Crippen LogP contribution is -2.11. The Kier molecular flexibility index (Phi) is 6.31. The van der Waals surface area contributed by atoms with Gasteiger partial charge in [-0.2, -0.15) is 0 Å². The van der Waals surface area contributed by atoms with Crippen molar-refractivity contribution in [2.24, 2.45) is 0 Å². The Hall–Kier alpha value is -5.12. The fourth-order valence-electron chi connectivity index (χ4n) is 6.34. The molecule has 0 amide bonds. The van der Waals surface area contributed by atoms with Crippen LogP contribution in [0.4, 0.5) is 34.1 Å². The van der Waals surface area contributed by atoms with E-state index < -0.39 is 0 Å². The second kappa shape index (κ2) is 10.6. The monoisotopic (exact) mass is 614 g/mol. The van der Waals surface area contributed by atoms with Gasteiger partial charge in [0.1, 0.15) is 0 Å². The summed E-state index contributed by atoms with van der Waals surface area (Å²) in [6, 6.07) is 58.7. The van der Waals surface area contributed by atoms with Gasteiger partial charge in [0.2, 0.25) is 0 Å². The maximum Gasteiger partial charge on any atom is 0.0540 e. The molecule has 204 valence electrons. The molecule has 3 heteroatoms. The van der Waals surface area contributed by atoms with Gasteiger partial charge in [0.15, 0.2) is 0 Å². The zero-order valence-corrected chi connectivity index (χ0v) is 24.9. The molecule has 43 heavy (non-hydrogen) atoms. The number of para-hydroxylation sites is 3. The van der Waals surface area contributed by atoms with Crippen molar-refractivity contribution in [3.8, 4) is 0 Å². The summed E-state index contributed by atoms with van der Waals surface area (Å²) in [4.78, 5) is 4.73. The molecule has 0 aromatic heterocycles.